The second-order valence-electron chi connectivity index (χ2n) is 12.1. The summed E-state index contributed by atoms with van der Waals surface area (Å²) in [4.78, 5) is 21.4. The van der Waals surface area contributed by atoms with Gasteiger partial charge in [0.05, 0.1) is 22.8 Å². The molecule has 39 heavy (non-hydrogen) atoms. The lowest BCUT2D eigenvalue weighted by atomic mass is 9.89. The Morgan fingerprint density at radius 1 is 1.23 bits per heavy atom. The summed E-state index contributed by atoms with van der Waals surface area (Å²) >= 11 is 0. The lowest BCUT2D eigenvalue weighted by Gasteiger charge is -2.35. The van der Waals surface area contributed by atoms with Crippen LogP contribution in [0.4, 0.5) is 16.4 Å². The Balaban J connectivity index is 1.55. The van der Waals surface area contributed by atoms with E-state index in [0.29, 0.717) is 47.9 Å². The van der Waals surface area contributed by atoms with Crippen LogP contribution in [0.15, 0.2) is 18.6 Å². The van der Waals surface area contributed by atoms with Gasteiger partial charge in [0, 0.05) is 53.0 Å². The number of aromatic nitrogens is 5. The first-order valence-electron chi connectivity index (χ1n) is 13.1. The number of fused-ring (bicyclic) bond motifs is 1. The zero-order valence-corrected chi connectivity index (χ0v) is 24.7. The highest BCUT2D eigenvalue weighted by atomic mass is 28.3. The van der Waals surface area contributed by atoms with E-state index >= 15 is 0 Å². The summed E-state index contributed by atoms with van der Waals surface area (Å²) in [5.74, 6) is 0.628. The zero-order valence-electron chi connectivity index (χ0n) is 23.7. The predicted octanol–water partition coefficient (Wildman–Crippen LogP) is 4.53. The van der Waals surface area contributed by atoms with E-state index in [1.807, 2.05) is 38.6 Å². The molecular weight excluding hydrogens is 516 g/mol. The van der Waals surface area contributed by atoms with E-state index in [4.69, 9.17) is 19.2 Å². The van der Waals surface area contributed by atoms with Crippen molar-refractivity contribution in [2.45, 2.75) is 83.8 Å². The molecule has 0 spiro atoms. The number of rotatable bonds is 10. The summed E-state index contributed by atoms with van der Waals surface area (Å²) in [6.45, 7) is 13.3. The molecule has 1 saturated carbocycles. The SMILES string of the molecule is Cn1cc(Nc2nc(OC3CC(NC(=O)OC(C)(C)C)C3)c3c(C#N)cn(COCC[Si](C)(C)C)c3n2)cn1. The number of hydrogen-bond acceptors (Lipinski definition) is 9. The molecule has 0 radical (unpaired) electrons. The van der Waals surface area contributed by atoms with Crippen LogP contribution in [0.1, 0.15) is 39.2 Å². The molecule has 1 fully saturated rings. The minimum absolute atomic E-state index is 0.0602. The van der Waals surface area contributed by atoms with Crippen LogP contribution < -0.4 is 15.4 Å². The Labute approximate surface area is 229 Å². The summed E-state index contributed by atoms with van der Waals surface area (Å²) in [7, 11) is 0.585. The number of hydrogen-bond donors (Lipinski definition) is 2. The second-order valence-corrected chi connectivity index (χ2v) is 17.7. The fraction of sp³-hybridized carbons (Fsp3) is 0.577. The number of aryl methyl sites for hydroxylation is 1. The van der Waals surface area contributed by atoms with Crippen LogP contribution in [-0.4, -0.2) is 62.8 Å². The molecule has 3 aromatic heterocycles. The van der Waals surface area contributed by atoms with Crippen molar-refractivity contribution in [3.8, 4) is 11.9 Å². The molecule has 0 aliphatic heterocycles. The predicted molar refractivity (Wildman–Crippen MR) is 150 cm³/mol. The average Bonchev–Trinajstić information content (AvgIpc) is 3.36. The van der Waals surface area contributed by atoms with Gasteiger partial charge in [0.25, 0.3) is 0 Å². The largest absolute Gasteiger partial charge is 0.474 e. The molecule has 0 bridgehead atoms. The molecule has 2 N–H and O–H groups in total. The van der Waals surface area contributed by atoms with E-state index in [0.717, 1.165) is 11.7 Å². The van der Waals surface area contributed by atoms with Gasteiger partial charge < -0.3 is 29.4 Å². The summed E-state index contributed by atoms with van der Waals surface area (Å²) in [5, 5.41) is 20.7. The first kappa shape index (κ1) is 28.4. The quantitative estimate of drug-likeness (QED) is 0.273. The van der Waals surface area contributed by atoms with Crippen molar-refractivity contribution in [2.75, 3.05) is 11.9 Å². The third kappa shape index (κ3) is 7.70. The number of carbonyl (C=O) groups is 1. The maximum absolute atomic E-state index is 12.1. The fourth-order valence-corrected chi connectivity index (χ4v) is 4.80. The van der Waals surface area contributed by atoms with E-state index in [1.165, 1.54) is 0 Å². The Morgan fingerprint density at radius 3 is 2.59 bits per heavy atom. The molecule has 0 saturated heterocycles. The molecule has 0 unspecified atom stereocenters. The fourth-order valence-electron chi connectivity index (χ4n) is 4.05. The van der Waals surface area contributed by atoms with Gasteiger partial charge in [-0.3, -0.25) is 4.68 Å². The van der Waals surface area contributed by atoms with Gasteiger partial charge in [-0.2, -0.15) is 20.3 Å². The van der Waals surface area contributed by atoms with Crippen LogP contribution in [0.5, 0.6) is 5.88 Å². The summed E-state index contributed by atoms with van der Waals surface area (Å²) in [6, 6.07) is 3.22. The van der Waals surface area contributed by atoms with Crippen LogP contribution in [0, 0.1) is 11.3 Å². The first-order chi connectivity index (χ1) is 18.3. The Kier molecular flexibility index (Phi) is 8.17. The van der Waals surface area contributed by atoms with E-state index in [-0.39, 0.29) is 18.9 Å². The highest BCUT2D eigenvalue weighted by Gasteiger charge is 2.34. The van der Waals surface area contributed by atoms with E-state index in [2.05, 4.69) is 46.4 Å². The van der Waals surface area contributed by atoms with Gasteiger partial charge in [-0.05, 0) is 26.8 Å². The molecule has 4 rings (SSSR count). The number of amides is 1. The molecule has 3 heterocycles. The number of nitrogens with zero attached hydrogens (tertiary/aromatic N) is 6. The molecule has 12 nitrogen and oxygen atoms in total. The first-order valence-corrected chi connectivity index (χ1v) is 16.8. The number of anilines is 2. The maximum atomic E-state index is 12.1. The normalized spacial score (nSPS) is 17.4. The molecular formula is C26H38N8O4Si. The highest BCUT2D eigenvalue weighted by Crippen LogP contribution is 2.34. The molecule has 3 aromatic rings. The zero-order chi connectivity index (χ0) is 28.4. The van der Waals surface area contributed by atoms with Gasteiger partial charge in [0.2, 0.25) is 11.8 Å². The van der Waals surface area contributed by atoms with Crippen molar-refractivity contribution in [1.82, 2.24) is 29.6 Å². The van der Waals surface area contributed by atoms with Crippen LogP contribution in [-0.2, 0) is 23.3 Å². The van der Waals surface area contributed by atoms with Crippen molar-refractivity contribution >= 4 is 36.8 Å². The minimum Gasteiger partial charge on any atom is -0.474 e. The van der Waals surface area contributed by atoms with E-state index in [1.54, 1.807) is 17.1 Å². The molecule has 210 valence electrons. The van der Waals surface area contributed by atoms with Gasteiger partial charge in [0.15, 0.2) is 5.65 Å². The van der Waals surface area contributed by atoms with Crippen LogP contribution in [0.2, 0.25) is 25.7 Å². The van der Waals surface area contributed by atoms with Gasteiger partial charge in [-0.25, -0.2) is 4.79 Å². The van der Waals surface area contributed by atoms with E-state index < -0.39 is 19.8 Å². The van der Waals surface area contributed by atoms with Gasteiger partial charge in [-0.1, -0.05) is 19.6 Å². The Hall–Kier alpha value is -3.63. The monoisotopic (exact) mass is 554 g/mol. The molecule has 13 heteroatoms. The van der Waals surface area contributed by atoms with Crippen molar-refractivity contribution in [1.29, 1.82) is 5.26 Å². The number of ether oxygens (including phenoxy) is 3. The minimum atomic E-state index is -1.24. The van der Waals surface area contributed by atoms with Crippen molar-refractivity contribution in [3.05, 3.63) is 24.2 Å². The maximum Gasteiger partial charge on any atom is 0.407 e. The smallest absolute Gasteiger partial charge is 0.407 e. The van der Waals surface area contributed by atoms with Gasteiger partial charge in [0.1, 0.15) is 24.5 Å². The molecule has 1 aliphatic rings. The number of nitriles is 1. The Morgan fingerprint density at radius 2 is 1.97 bits per heavy atom. The third-order valence-electron chi connectivity index (χ3n) is 6.09. The van der Waals surface area contributed by atoms with Crippen LogP contribution >= 0.6 is 0 Å². The van der Waals surface area contributed by atoms with Gasteiger partial charge in [-0.15, -0.1) is 0 Å². The topological polar surface area (TPSA) is 141 Å². The summed E-state index contributed by atoms with van der Waals surface area (Å²) in [6.07, 6.45) is 5.77. The number of nitrogens with one attached hydrogen (secondary N) is 2. The van der Waals surface area contributed by atoms with Gasteiger partial charge >= 0.3 is 6.09 Å². The van der Waals surface area contributed by atoms with Crippen LogP contribution in [0.25, 0.3) is 11.0 Å². The van der Waals surface area contributed by atoms with E-state index in [9.17, 15) is 10.1 Å². The summed E-state index contributed by atoms with van der Waals surface area (Å²) < 4.78 is 21.1. The average molecular weight is 555 g/mol. The van der Waals surface area contributed by atoms with Crippen molar-refractivity contribution < 1.29 is 19.0 Å². The lowest BCUT2D eigenvalue weighted by molar-refractivity contribution is 0.0358. The molecule has 1 amide bonds. The highest BCUT2D eigenvalue weighted by molar-refractivity contribution is 6.76. The number of carbonyl (C=O) groups excluding carboxylic acids is 1. The number of alkyl carbamates (subject to hydrolysis) is 1. The lowest BCUT2D eigenvalue weighted by Crippen LogP contribution is -2.50. The summed E-state index contributed by atoms with van der Waals surface area (Å²) in [5.41, 5.74) is 1.11. The molecule has 0 aromatic carbocycles. The standard InChI is InChI=1S/C26H38N8O4Si/c1-26(2,3)38-25(35)30-18-10-20(11-18)37-23-21-17(12-27)14-34(16-36-8-9-39(5,6)7)22(21)31-24(32-23)29-19-13-28-33(4)15-19/h13-15,18,20H,8-11,16H2,1-7H3,(H,30,35)(H,29,31,32). The molecule has 1 aliphatic carbocycles. The second kappa shape index (κ2) is 11.2. The van der Waals surface area contributed by atoms with Crippen LogP contribution in [0.3, 0.4) is 0 Å². The van der Waals surface area contributed by atoms with Crippen molar-refractivity contribution in [3.63, 3.8) is 0 Å². The Bertz CT molecular complexity index is 1360. The molecule has 0 atom stereocenters. The third-order valence-corrected chi connectivity index (χ3v) is 7.79. The van der Waals surface area contributed by atoms with Crippen molar-refractivity contribution in [2.24, 2.45) is 7.05 Å².